The van der Waals surface area contributed by atoms with Crippen molar-refractivity contribution in [2.24, 2.45) is 5.73 Å². The molecule has 1 aromatic carbocycles. The van der Waals surface area contributed by atoms with E-state index in [9.17, 15) is 0 Å². The van der Waals surface area contributed by atoms with Crippen molar-refractivity contribution in [1.82, 2.24) is 0 Å². The van der Waals surface area contributed by atoms with Gasteiger partial charge in [-0.1, -0.05) is 29.7 Å². The first kappa shape index (κ1) is 8.83. The molecule has 0 saturated heterocycles. The Hall–Kier alpha value is -1.26. The van der Waals surface area contributed by atoms with Crippen LogP contribution in [0.1, 0.15) is 22.7 Å². The first-order chi connectivity index (χ1) is 5.65. The first-order valence-electron chi connectivity index (χ1n) is 3.94. The molecule has 62 valence electrons. The molecule has 1 heteroatoms. The van der Waals surface area contributed by atoms with E-state index in [0.29, 0.717) is 0 Å². The van der Waals surface area contributed by atoms with Crippen LogP contribution < -0.4 is 5.73 Å². The molecule has 0 radical (unpaired) electrons. The lowest BCUT2D eigenvalue weighted by atomic mass is 10.0. The molecule has 0 spiro atoms. The van der Waals surface area contributed by atoms with Crippen LogP contribution in [0.15, 0.2) is 18.2 Å². The molecule has 0 aliphatic rings. The van der Waals surface area contributed by atoms with Gasteiger partial charge in [-0.25, -0.2) is 0 Å². The van der Waals surface area contributed by atoms with E-state index in [1.54, 1.807) is 0 Å². The second kappa shape index (κ2) is 3.42. The van der Waals surface area contributed by atoms with Crippen LogP contribution in [0.2, 0.25) is 0 Å². The normalized spacial score (nSPS) is 12.2. The summed E-state index contributed by atoms with van der Waals surface area (Å²) in [6.07, 6.45) is 5.25. The minimum atomic E-state index is -0.273. The van der Waals surface area contributed by atoms with Crippen LogP contribution in [-0.4, -0.2) is 0 Å². The first-order valence-corrected chi connectivity index (χ1v) is 3.94. The third-order valence-corrected chi connectivity index (χ3v) is 1.95. The molecule has 0 aromatic heterocycles. The Balaban J connectivity index is 3.15. The van der Waals surface area contributed by atoms with E-state index in [1.165, 1.54) is 5.56 Å². The molecule has 1 atom stereocenters. The minimum Gasteiger partial charge on any atom is -0.314 e. The molecule has 1 rings (SSSR count). The lowest BCUT2D eigenvalue weighted by molar-refractivity contribution is 0.930. The van der Waals surface area contributed by atoms with E-state index in [0.717, 1.165) is 11.1 Å². The quantitative estimate of drug-likeness (QED) is 0.622. The monoisotopic (exact) mass is 159 g/mol. The van der Waals surface area contributed by atoms with E-state index in [-0.39, 0.29) is 6.04 Å². The number of hydrogen-bond donors (Lipinski definition) is 1. The second-order valence-electron chi connectivity index (χ2n) is 3.00. The van der Waals surface area contributed by atoms with Gasteiger partial charge in [0.05, 0.1) is 6.04 Å². The highest BCUT2D eigenvalue weighted by Crippen LogP contribution is 2.16. The largest absolute Gasteiger partial charge is 0.314 e. The zero-order valence-corrected chi connectivity index (χ0v) is 7.46. The summed E-state index contributed by atoms with van der Waals surface area (Å²) in [5, 5.41) is 0. The number of rotatable bonds is 1. The summed E-state index contributed by atoms with van der Waals surface area (Å²) in [7, 11) is 0. The van der Waals surface area contributed by atoms with E-state index in [2.05, 4.69) is 12.0 Å². The van der Waals surface area contributed by atoms with Crippen LogP contribution >= 0.6 is 0 Å². The van der Waals surface area contributed by atoms with Crippen LogP contribution in [0.5, 0.6) is 0 Å². The van der Waals surface area contributed by atoms with Crippen molar-refractivity contribution >= 4 is 0 Å². The van der Waals surface area contributed by atoms with Gasteiger partial charge in [0.25, 0.3) is 0 Å². The van der Waals surface area contributed by atoms with Crippen molar-refractivity contribution < 1.29 is 0 Å². The van der Waals surface area contributed by atoms with Crippen molar-refractivity contribution in [2.45, 2.75) is 19.9 Å². The van der Waals surface area contributed by atoms with Gasteiger partial charge < -0.3 is 5.73 Å². The fourth-order valence-electron chi connectivity index (χ4n) is 1.18. The standard InChI is InChI=1S/C11H13N/c1-4-11(12)10-7-8(2)5-6-9(10)3/h1,5-7,11H,12H2,2-3H3. The van der Waals surface area contributed by atoms with Crippen LogP contribution in [0.25, 0.3) is 0 Å². The number of hydrogen-bond acceptors (Lipinski definition) is 1. The summed E-state index contributed by atoms with van der Waals surface area (Å²) in [5.74, 6) is 2.53. The average Bonchev–Trinajstić information content (AvgIpc) is 2.08. The number of benzene rings is 1. The van der Waals surface area contributed by atoms with Crippen LogP contribution in [-0.2, 0) is 0 Å². The van der Waals surface area contributed by atoms with Crippen molar-refractivity contribution in [2.75, 3.05) is 0 Å². The fourth-order valence-corrected chi connectivity index (χ4v) is 1.18. The predicted molar refractivity (Wildman–Crippen MR) is 51.7 cm³/mol. The molecular formula is C11H13N. The molecule has 1 nitrogen and oxygen atoms in total. The van der Waals surface area contributed by atoms with Crippen molar-refractivity contribution in [3.63, 3.8) is 0 Å². The highest BCUT2D eigenvalue weighted by atomic mass is 14.6. The molecule has 0 fully saturated rings. The van der Waals surface area contributed by atoms with Gasteiger partial charge in [-0.2, -0.15) is 0 Å². The zero-order valence-electron chi connectivity index (χ0n) is 7.46. The Kier molecular flexibility index (Phi) is 2.52. The maximum atomic E-state index is 5.73. The molecular weight excluding hydrogens is 146 g/mol. The molecule has 1 aromatic rings. The molecule has 0 bridgehead atoms. The number of nitrogens with two attached hydrogens (primary N) is 1. The Bertz CT molecular complexity index is 320. The maximum Gasteiger partial charge on any atom is 0.0920 e. The van der Waals surface area contributed by atoms with Gasteiger partial charge in [-0.05, 0) is 25.0 Å². The van der Waals surface area contributed by atoms with Gasteiger partial charge in [-0.3, -0.25) is 0 Å². The summed E-state index contributed by atoms with van der Waals surface area (Å²) in [4.78, 5) is 0. The van der Waals surface area contributed by atoms with Gasteiger partial charge in [0.15, 0.2) is 0 Å². The second-order valence-corrected chi connectivity index (χ2v) is 3.00. The maximum absolute atomic E-state index is 5.73. The minimum absolute atomic E-state index is 0.273. The summed E-state index contributed by atoms with van der Waals surface area (Å²) >= 11 is 0. The molecule has 0 aliphatic heterocycles. The molecule has 0 heterocycles. The Labute approximate surface area is 73.6 Å². The van der Waals surface area contributed by atoms with E-state index in [1.807, 2.05) is 26.0 Å². The summed E-state index contributed by atoms with van der Waals surface area (Å²) in [6.45, 7) is 4.05. The highest BCUT2D eigenvalue weighted by Gasteiger charge is 2.04. The smallest absolute Gasteiger partial charge is 0.0920 e. The summed E-state index contributed by atoms with van der Waals surface area (Å²) in [5.41, 5.74) is 9.14. The molecule has 0 aliphatic carbocycles. The van der Waals surface area contributed by atoms with Gasteiger partial charge >= 0.3 is 0 Å². The number of terminal acetylenes is 1. The molecule has 0 saturated carbocycles. The van der Waals surface area contributed by atoms with Crippen LogP contribution in [0.4, 0.5) is 0 Å². The lowest BCUT2D eigenvalue weighted by Gasteiger charge is -2.09. The van der Waals surface area contributed by atoms with E-state index < -0.39 is 0 Å². The number of aryl methyl sites for hydroxylation is 2. The third kappa shape index (κ3) is 1.66. The van der Waals surface area contributed by atoms with E-state index >= 15 is 0 Å². The zero-order chi connectivity index (χ0) is 9.14. The Morgan fingerprint density at radius 3 is 2.67 bits per heavy atom. The van der Waals surface area contributed by atoms with Crippen molar-refractivity contribution in [3.8, 4) is 12.3 Å². The predicted octanol–water partition coefficient (Wildman–Crippen LogP) is 1.94. The Morgan fingerprint density at radius 2 is 2.08 bits per heavy atom. The van der Waals surface area contributed by atoms with Crippen LogP contribution in [0, 0.1) is 26.2 Å². The lowest BCUT2D eigenvalue weighted by Crippen LogP contribution is -2.09. The van der Waals surface area contributed by atoms with Gasteiger partial charge in [0.2, 0.25) is 0 Å². The molecule has 1 unspecified atom stereocenters. The SMILES string of the molecule is C#CC(N)c1cc(C)ccc1C. The van der Waals surface area contributed by atoms with Gasteiger partial charge in [-0.15, -0.1) is 6.42 Å². The molecule has 2 N–H and O–H groups in total. The van der Waals surface area contributed by atoms with E-state index in [4.69, 9.17) is 12.2 Å². The third-order valence-electron chi connectivity index (χ3n) is 1.95. The molecule has 0 amide bonds. The summed E-state index contributed by atoms with van der Waals surface area (Å²) < 4.78 is 0. The van der Waals surface area contributed by atoms with Crippen molar-refractivity contribution in [3.05, 3.63) is 34.9 Å². The molecule has 12 heavy (non-hydrogen) atoms. The average molecular weight is 159 g/mol. The van der Waals surface area contributed by atoms with Crippen molar-refractivity contribution in [1.29, 1.82) is 0 Å². The van der Waals surface area contributed by atoms with Crippen LogP contribution in [0.3, 0.4) is 0 Å². The van der Waals surface area contributed by atoms with Gasteiger partial charge in [0, 0.05) is 0 Å². The topological polar surface area (TPSA) is 26.0 Å². The van der Waals surface area contributed by atoms with Gasteiger partial charge in [0.1, 0.15) is 0 Å². The Morgan fingerprint density at radius 1 is 1.42 bits per heavy atom. The fraction of sp³-hybridized carbons (Fsp3) is 0.273. The highest BCUT2D eigenvalue weighted by molar-refractivity contribution is 5.36. The summed E-state index contributed by atoms with van der Waals surface area (Å²) in [6, 6.07) is 5.87.